The van der Waals surface area contributed by atoms with E-state index >= 15 is 0 Å². The van der Waals surface area contributed by atoms with Gasteiger partial charge in [0.25, 0.3) is 0 Å². The number of rotatable bonds is 8. The van der Waals surface area contributed by atoms with Gasteiger partial charge in [-0.1, -0.05) is 61.5 Å². The van der Waals surface area contributed by atoms with Crippen LogP contribution in [0, 0.1) is 3.57 Å². The quantitative estimate of drug-likeness (QED) is 0.211. The van der Waals surface area contributed by atoms with Gasteiger partial charge in [-0.2, -0.15) is 0 Å². The average molecular weight is 513 g/mol. The van der Waals surface area contributed by atoms with Gasteiger partial charge in [0.05, 0.1) is 6.54 Å². The molecule has 3 aromatic carbocycles. The number of ether oxygens (including phenoxy) is 1. The smallest absolute Gasteiger partial charge is 0.404 e. The van der Waals surface area contributed by atoms with Crippen LogP contribution in [0.3, 0.4) is 0 Å². The van der Waals surface area contributed by atoms with Gasteiger partial charge >= 0.3 is 6.09 Å². The average Bonchev–Trinajstić information content (AvgIpc) is 2.77. The Balaban J connectivity index is 1.96. The van der Waals surface area contributed by atoms with E-state index in [0.29, 0.717) is 5.75 Å². The Labute approximate surface area is 190 Å². The molecule has 0 aliphatic carbocycles. The Morgan fingerprint density at radius 3 is 2.07 bits per heavy atom. The van der Waals surface area contributed by atoms with Gasteiger partial charge in [-0.25, -0.2) is 4.79 Å². The molecular formula is C25H24INO3. The SMILES string of the molecule is CC/C(=C(\c1ccc(I)cc1)c1ccc(OCCNC(=O)O)cc1)c1ccccc1. The molecule has 4 nitrogen and oxygen atoms in total. The van der Waals surface area contributed by atoms with Gasteiger partial charge in [0.15, 0.2) is 0 Å². The van der Waals surface area contributed by atoms with E-state index in [2.05, 4.69) is 95.5 Å². The lowest BCUT2D eigenvalue weighted by atomic mass is 9.88. The highest BCUT2D eigenvalue weighted by atomic mass is 127. The van der Waals surface area contributed by atoms with Gasteiger partial charge in [-0.3, -0.25) is 0 Å². The van der Waals surface area contributed by atoms with E-state index in [1.165, 1.54) is 25.8 Å². The molecular weight excluding hydrogens is 489 g/mol. The predicted octanol–water partition coefficient (Wildman–Crippen LogP) is 6.31. The fourth-order valence-corrected chi connectivity index (χ4v) is 3.70. The molecule has 154 valence electrons. The molecule has 0 radical (unpaired) electrons. The number of carbonyl (C=O) groups is 1. The third-order valence-corrected chi connectivity index (χ3v) is 5.42. The van der Waals surface area contributed by atoms with Gasteiger partial charge in [-0.15, -0.1) is 0 Å². The molecule has 0 aliphatic rings. The van der Waals surface area contributed by atoms with Crippen LogP contribution < -0.4 is 10.1 Å². The number of nitrogens with one attached hydrogen (secondary N) is 1. The summed E-state index contributed by atoms with van der Waals surface area (Å²) in [5.74, 6) is 0.714. The Morgan fingerprint density at radius 2 is 1.50 bits per heavy atom. The molecule has 0 heterocycles. The van der Waals surface area contributed by atoms with Crippen molar-refractivity contribution in [3.05, 3.63) is 99.1 Å². The number of carboxylic acid groups (broad SMARTS) is 1. The predicted molar refractivity (Wildman–Crippen MR) is 130 cm³/mol. The zero-order chi connectivity index (χ0) is 21.3. The fraction of sp³-hybridized carbons (Fsp3) is 0.160. The van der Waals surface area contributed by atoms with Crippen LogP contribution >= 0.6 is 22.6 Å². The Morgan fingerprint density at radius 1 is 0.900 bits per heavy atom. The fourth-order valence-electron chi connectivity index (χ4n) is 3.34. The second kappa shape index (κ2) is 10.8. The highest BCUT2D eigenvalue weighted by Gasteiger charge is 2.13. The zero-order valence-corrected chi connectivity index (χ0v) is 18.9. The first-order chi connectivity index (χ1) is 14.6. The topological polar surface area (TPSA) is 58.6 Å². The molecule has 0 fully saturated rings. The van der Waals surface area contributed by atoms with E-state index in [9.17, 15) is 4.79 Å². The summed E-state index contributed by atoms with van der Waals surface area (Å²) in [6, 6.07) is 27.0. The monoisotopic (exact) mass is 513 g/mol. The lowest BCUT2D eigenvalue weighted by molar-refractivity contribution is 0.191. The van der Waals surface area contributed by atoms with Crippen molar-refractivity contribution >= 4 is 39.8 Å². The molecule has 30 heavy (non-hydrogen) atoms. The summed E-state index contributed by atoms with van der Waals surface area (Å²) >= 11 is 2.32. The molecule has 3 rings (SSSR count). The lowest BCUT2D eigenvalue weighted by Gasteiger charge is -2.17. The van der Waals surface area contributed by atoms with Crippen LogP contribution in [0.1, 0.15) is 30.0 Å². The molecule has 0 spiro atoms. The minimum absolute atomic E-state index is 0.249. The van der Waals surface area contributed by atoms with Crippen molar-refractivity contribution in [2.24, 2.45) is 0 Å². The van der Waals surface area contributed by atoms with E-state index in [0.717, 1.165) is 12.0 Å². The van der Waals surface area contributed by atoms with Crippen LogP contribution in [0.4, 0.5) is 4.79 Å². The summed E-state index contributed by atoms with van der Waals surface area (Å²) in [5.41, 5.74) is 6.01. The molecule has 2 N–H and O–H groups in total. The molecule has 0 bridgehead atoms. The minimum Gasteiger partial charge on any atom is -0.492 e. The van der Waals surface area contributed by atoms with Crippen molar-refractivity contribution in [1.29, 1.82) is 0 Å². The van der Waals surface area contributed by atoms with Crippen molar-refractivity contribution in [3.8, 4) is 5.75 Å². The van der Waals surface area contributed by atoms with E-state index in [1.54, 1.807) is 0 Å². The number of amides is 1. The Kier molecular flexibility index (Phi) is 7.90. The molecule has 0 saturated carbocycles. The summed E-state index contributed by atoms with van der Waals surface area (Å²) in [6.45, 7) is 2.72. The number of hydrogen-bond donors (Lipinski definition) is 2. The van der Waals surface area contributed by atoms with Crippen LogP contribution in [0.25, 0.3) is 11.1 Å². The first-order valence-electron chi connectivity index (χ1n) is 9.83. The van der Waals surface area contributed by atoms with Crippen molar-refractivity contribution in [2.45, 2.75) is 13.3 Å². The first kappa shape index (κ1) is 21.9. The van der Waals surface area contributed by atoms with Crippen molar-refractivity contribution in [3.63, 3.8) is 0 Å². The lowest BCUT2D eigenvalue weighted by Crippen LogP contribution is -2.26. The summed E-state index contributed by atoms with van der Waals surface area (Å²) in [4.78, 5) is 10.5. The summed E-state index contributed by atoms with van der Waals surface area (Å²) in [6.07, 6.45) is -0.140. The molecule has 0 saturated heterocycles. The molecule has 0 aromatic heterocycles. The van der Waals surface area contributed by atoms with Crippen LogP contribution in [0.15, 0.2) is 78.9 Å². The zero-order valence-electron chi connectivity index (χ0n) is 16.8. The van der Waals surface area contributed by atoms with E-state index in [1.807, 2.05) is 18.2 Å². The van der Waals surface area contributed by atoms with Gasteiger partial charge < -0.3 is 15.2 Å². The third-order valence-electron chi connectivity index (χ3n) is 4.70. The van der Waals surface area contributed by atoms with Gasteiger partial charge in [0.2, 0.25) is 0 Å². The molecule has 0 atom stereocenters. The maximum absolute atomic E-state index is 10.5. The van der Waals surface area contributed by atoms with Gasteiger partial charge in [0.1, 0.15) is 12.4 Å². The molecule has 3 aromatic rings. The summed E-state index contributed by atoms with van der Waals surface area (Å²) in [7, 11) is 0. The molecule has 0 unspecified atom stereocenters. The van der Waals surface area contributed by atoms with E-state index < -0.39 is 6.09 Å². The maximum atomic E-state index is 10.5. The number of hydrogen-bond acceptors (Lipinski definition) is 2. The molecule has 0 aliphatic heterocycles. The second-order valence-corrected chi connectivity index (χ2v) is 7.93. The second-order valence-electron chi connectivity index (χ2n) is 6.68. The standard InChI is InChI=1S/C25H24INO3/c1-2-23(18-6-4-3-5-7-18)24(19-8-12-21(26)13-9-19)20-10-14-22(15-11-20)30-17-16-27-25(28)29/h3-15,27H,2,16-17H2,1H3,(H,28,29)/b24-23-. The normalized spacial score (nSPS) is 11.5. The third kappa shape index (κ3) is 5.86. The maximum Gasteiger partial charge on any atom is 0.404 e. The van der Waals surface area contributed by atoms with E-state index in [4.69, 9.17) is 9.84 Å². The Hall–Kier alpha value is -2.80. The van der Waals surface area contributed by atoms with Crippen LogP contribution in [0.5, 0.6) is 5.75 Å². The summed E-state index contributed by atoms with van der Waals surface area (Å²) < 4.78 is 6.84. The largest absolute Gasteiger partial charge is 0.492 e. The molecule has 1 amide bonds. The number of halogens is 1. The highest BCUT2D eigenvalue weighted by Crippen LogP contribution is 2.35. The van der Waals surface area contributed by atoms with Crippen molar-refractivity contribution in [1.82, 2.24) is 5.32 Å². The van der Waals surface area contributed by atoms with Crippen LogP contribution in [-0.4, -0.2) is 24.4 Å². The van der Waals surface area contributed by atoms with Crippen LogP contribution in [0.2, 0.25) is 0 Å². The number of benzene rings is 3. The first-order valence-corrected chi connectivity index (χ1v) is 10.9. The highest BCUT2D eigenvalue weighted by molar-refractivity contribution is 14.1. The van der Waals surface area contributed by atoms with Crippen LogP contribution in [-0.2, 0) is 0 Å². The van der Waals surface area contributed by atoms with Crippen molar-refractivity contribution in [2.75, 3.05) is 13.2 Å². The summed E-state index contributed by atoms with van der Waals surface area (Å²) in [5, 5.41) is 10.9. The molecule has 5 heteroatoms. The minimum atomic E-state index is -1.05. The number of allylic oxidation sites excluding steroid dienone is 1. The van der Waals surface area contributed by atoms with Gasteiger partial charge in [-0.05, 0) is 81.1 Å². The van der Waals surface area contributed by atoms with Crippen molar-refractivity contribution < 1.29 is 14.6 Å². The van der Waals surface area contributed by atoms with E-state index in [-0.39, 0.29) is 13.2 Å². The Bertz CT molecular complexity index is 997. The van der Waals surface area contributed by atoms with Gasteiger partial charge in [0, 0.05) is 3.57 Å².